The first-order valence-corrected chi connectivity index (χ1v) is 20.5. The van der Waals surface area contributed by atoms with Gasteiger partial charge in [0.25, 0.3) is 0 Å². The maximum Gasteiger partial charge on any atom is 0.330 e. The second kappa shape index (κ2) is 24.2. The Labute approximate surface area is 353 Å². The monoisotopic (exact) mass is 831 g/mol. The Morgan fingerprint density at radius 1 is 0.650 bits per heavy atom. The van der Waals surface area contributed by atoms with Gasteiger partial charge in [-0.3, -0.25) is 16.2 Å². The van der Waals surface area contributed by atoms with Crippen LogP contribution in [0.15, 0.2) is 121 Å². The number of hydrogen-bond acceptors (Lipinski definition) is 14. The third-order valence-corrected chi connectivity index (χ3v) is 9.68. The molecule has 0 aliphatic rings. The van der Waals surface area contributed by atoms with Crippen molar-refractivity contribution in [3.63, 3.8) is 0 Å². The van der Waals surface area contributed by atoms with Gasteiger partial charge in [0.2, 0.25) is 16.9 Å². The highest BCUT2D eigenvalue weighted by Gasteiger charge is 2.13. The Hall–Kier alpha value is -6.80. The summed E-state index contributed by atoms with van der Waals surface area (Å²) in [5.41, 5.74) is 5.45. The molecule has 0 spiro atoms. The first-order valence-electron chi connectivity index (χ1n) is 19.7. The van der Waals surface area contributed by atoms with Gasteiger partial charge in [-0.1, -0.05) is 36.6 Å². The number of nitrogens with zero attached hydrogens (tertiary/aromatic N) is 2. The molecular weight excluding hydrogens is 783 g/mol. The average Bonchev–Trinajstić information content (AvgIpc) is 3.69. The Balaban J connectivity index is 1.15. The lowest BCUT2D eigenvalue weighted by atomic mass is 10.2. The van der Waals surface area contributed by atoms with Crippen LogP contribution in [0.1, 0.15) is 68.1 Å². The lowest BCUT2D eigenvalue weighted by Gasteiger charge is -2.13. The van der Waals surface area contributed by atoms with Crippen molar-refractivity contribution in [1.29, 1.82) is 10.8 Å². The number of carbonyl (C=O) groups excluding carboxylic acids is 2. The number of hydrogen-bond donors (Lipinski definition) is 3. The first-order chi connectivity index (χ1) is 29.3. The predicted molar refractivity (Wildman–Crippen MR) is 235 cm³/mol. The van der Waals surface area contributed by atoms with Gasteiger partial charge in [0.05, 0.1) is 42.9 Å². The van der Waals surface area contributed by atoms with Crippen LogP contribution in [0.3, 0.4) is 0 Å². The van der Waals surface area contributed by atoms with Crippen LogP contribution in [0.25, 0.3) is 10.2 Å². The number of unbranched alkanes of at least 4 members (excludes halogenated alkanes) is 6. The number of thiazole rings is 1. The summed E-state index contributed by atoms with van der Waals surface area (Å²) in [7, 11) is 0. The number of nitrogens with one attached hydrogen (secondary N) is 3. The van der Waals surface area contributed by atoms with E-state index in [0.717, 1.165) is 73.7 Å². The summed E-state index contributed by atoms with van der Waals surface area (Å²) in [6.45, 7) is 8.63. The molecule has 3 N–H and O–H groups in total. The number of benzene rings is 4. The topological polar surface area (TPSA) is 174 Å². The van der Waals surface area contributed by atoms with Crippen molar-refractivity contribution in [2.45, 2.75) is 51.4 Å². The smallest absolute Gasteiger partial charge is 0.330 e. The van der Waals surface area contributed by atoms with Gasteiger partial charge >= 0.3 is 11.9 Å². The maximum atomic E-state index is 11.1. The number of fused-ring (bicyclic) bond motifs is 1. The van der Waals surface area contributed by atoms with E-state index < -0.39 is 11.9 Å². The number of carbonyl (C=O) groups is 2. The Morgan fingerprint density at radius 2 is 1.17 bits per heavy atom. The van der Waals surface area contributed by atoms with Crippen LogP contribution in [0, 0.1) is 10.8 Å². The SMILES string of the molecule is C=CC(=O)OCCCCCCOc1ccc(C(=N)Oc2ccc(OC(=N)c3ccc(OCCCCCCOC(=O)C=C)cc3)c(/C=N/Nc3nc4ccccc4s3)c2)cc1. The average molecular weight is 832 g/mol. The molecule has 14 heteroatoms. The molecule has 13 nitrogen and oxygen atoms in total. The molecule has 60 heavy (non-hydrogen) atoms. The van der Waals surface area contributed by atoms with Gasteiger partial charge in [0, 0.05) is 28.8 Å². The summed E-state index contributed by atoms with van der Waals surface area (Å²) in [5, 5.41) is 22.4. The summed E-state index contributed by atoms with van der Waals surface area (Å²) in [5.74, 6) is 1.14. The minimum absolute atomic E-state index is 0.0653. The Bertz CT molecular complexity index is 2200. The van der Waals surface area contributed by atoms with E-state index in [1.54, 1.807) is 72.9 Å². The largest absolute Gasteiger partial charge is 0.494 e. The molecule has 312 valence electrons. The molecule has 0 saturated heterocycles. The van der Waals surface area contributed by atoms with E-state index in [1.807, 2.05) is 24.3 Å². The van der Waals surface area contributed by atoms with Crippen molar-refractivity contribution in [3.8, 4) is 23.0 Å². The quantitative estimate of drug-likeness (QED) is 0.0128. The van der Waals surface area contributed by atoms with Gasteiger partial charge < -0.3 is 28.4 Å². The van der Waals surface area contributed by atoms with Gasteiger partial charge in [-0.15, -0.1) is 0 Å². The fourth-order valence-corrected chi connectivity index (χ4v) is 6.39. The van der Waals surface area contributed by atoms with Gasteiger partial charge in [-0.05, 0) is 130 Å². The molecule has 0 aliphatic heterocycles. The summed E-state index contributed by atoms with van der Waals surface area (Å²) in [6, 6.07) is 27.1. The second-order valence-corrected chi connectivity index (χ2v) is 14.3. The zero-order chi connectivity index (χ0) is 42.4. The molecule has 0 atom stereocenters. The predicted octanol–water partition coefficient (Wildman–Crippen LogP) is 9.89. The molecule has 1 aromatic heterocycles. The number of para-hydroxylation sites is 1. The molecule has 0 amide bonds. The molecule has 0 unspecified atom stereocenters. The van der Waals surface area contributed by atoms with Gasteiger partial charge in [-0.2, -0.15) is 5.10 Å². The highest BCUT2D eigenvalue weighted by molar-refractivity contribution is 7.22. The molecule has 0 saturated carbocycles. The Morgan fingerprint density at radius 3 is 1.72 bits per heavy atom. The van der Waals surface area contributed by atoms with Crippen LogP contribution in [-0.4, -0.2) is 61.4 Å². The minimum Gasteiger partial charge on any atom is -0.494 e. The van der Waals surface area contributed by atoms with Crippen LogP contribution in [-0.2, 0) is 19.1 Å². The maximum absolute atomic E-state index is 11.1. The van der Waals surface area contributed by atoms with E-state index in [4.69, 9.17) is 39.2 Å². The van der Waals surface area contributed by atoms with E-state index in [9.17, 15) is 9.59 Å². The van der Waals surface area contributed by atoms with Crippen LogP contribution < -0.4 is 24.4 Å². The van der Waals surface area contributed by atoms with E-state index in [1.165, 1.54) is 11.3 Å². The molecule has 1 heterocycles. The summed E-state index contributed by atoms with van der Waals surface area (Å²) in [6.07, 6.45) is 10.9. The van der Waals surface area contributed by atoms with Crippen LogP contribution in [0.4, 0.5) is 5.13 Å². The molecule has 4 aromatic carbocycles. The fourth-order valence-electron chi connectivity index (χ4n) is 5.57. The van der Waals surface area contributed by atoms with Gasteiger partial charge in [-0.25, -0.2) is 14.6 Å². The number of anilines is 1. The third-order valence-electron chi connectivity index (χ3n) is 8.74. The van der Waals surface area contributed by atoms with E-state index in [-0.39, 0.29) is 11.8 Å². The molecule has 0 aliphatic carbocycles. The zero-order valence-corrected chi connectivity index (χ0v) is 34.2. The number of hydrazone groups is 1. The van der Waals surface area contributed by atoms with Gasteiger partial charge in [0.15, 0.2) is 0 Å². The summed E-state index contributed by atoms with van der Waals surface area (Å²) >= 11 is 1.47. The fraction of sp³-hybridized carbons (Fsp3) is 0.261. The standard InChI is InChI=1S/C46H49N5O8S/c1-3-42(52)56-29-13-7-5-11-27-54-36-21-17-33(18-22-36)44(47)58-38-25-26-40(35(31-38)32-49-51-46-50-39-15-9-10-16-41(39)60-46)59-45(48)34-19-23-37(24-20-34)55-28-12-6-8-14-30-57-43(53)4-2/h3-4,9-10,15-26,31-32,47-48H,1-2,5-8,11-14,27-30H2,(H,50,51)/b47-44?,48-45?,49-32+. The summed E-state index contributed by atoms with van der Waals surface area (Å²) < 4.78 is 34.8. The number of rotatable bonds is 25. The van der Waals surface area contributed by atoms with Crippen molar-refractivity contribution in [3.05, 3.63) is 133 Å². The molecule has 0 bridgehead atoms. The molecule has 5 rings (SSSR count). The molecular formula is C46H49N5O8S. The van der Waals surface area contributed by atoms with Crippen molar-refractivity contribution >= 4 is 56.6 Å². The lowest BCUT2D eigenvalue weighted by Crippen LogP contribution is -2.11. The van der Waals surface area contributed by atoms with E-state index >= 15 is 0 Å². The first kappa shape index (κ1) is 44.3. The minimum atomic E-state index is -0.404. The highest BCUT2D eigenvalue weighted by Crippen LogP contribution is 2.28. The van der Waals surface area contributed by atoms with Crippen molar-refractivity contribution in [1.82, 2.24) is 4.98 Å². The lowest BCUT2D eigenvalue weighted by molar-refractivity contribution is -0.138. The molecule has 0 fully saturated rings. The second-order valence-electron chi connectivity index (χ2n) is 13.2. The zero-order valence-electron chi connectivity index (χ0n) is 33.4. The van der Waals surface area contributed by atoms with Crippen LogP contribution in [0.5, 0.6) is 23.0 Å². The Kier molecular flexibility index (Phi) is 17.9. The third kappa shape index (κ3) is 14.9. The van der Waals surface area contributed by atoms with Crippen molar-refractivity contribution in [2.24, 2.45) is 5.10 Å². The van der Waals surface area contributed by atoms with Crippen LogP contribution >= 0.6 is 11.3 Å². The number of ether oxygens (including phenoxy) is 6. The van der Waals surface area contributed by atoms with E-state index in [0.29, 0.717) is 71.2 Å². The molecule has 0 radical (unpaired) electrons. The number of aromatic nitrogens is 1. The summed E-state index contributed by atoms with van der Waals surface area (Å²) in [4.78, 5) is 26.8. The van der Waals surface area contributed by atoms with Crippen molar-refractivity contribution < 1.29 is 38.0 Å². The number of esters is 2. The van der Waals surface area contributed by atoms with Gasteiger partial charge in [0.1, 0.15) is 23.0 Å². The highest BCUT2D eigenvalue weighted by atomic mass is 32.1. The normalized spacial score (nSPS) is 10.8. The molecule has 5 aromatic rings. The van der Waals surface area contributed by atoms with E-state index in [2.05, 4.69) is 28.7 Å². The van der Waals surface area contributed by atoms with Crippen molar-refractivity contribution in [2.75, 3.05) is 31.9 Å². The van der Waals surface area contributed by atoms with Crippen LogP contribution in [0.2, 0.25) is 0 Å².